The van der Waals surface area contributed by atoms with Gasteiger partial charge in [-0.2, -0.15) is 0 Å². The van der Waals surface area contributed by atoms with Crippen LogP contribution in [0.5, 0.6) is 11.5 Å². The van der Waals surface area contributed by atoms with Crippen LogP contribution in [0.25, 0.3) is 0 Å². The van der Waals surface area contributed by atoms with E-state index in [2.05, 4.69) is 5.32 Å². The number of amides is 1. The molecule has 0 radical (unpaired) electrons. The third kappa shape index (κ3) is 4.14. The molecule has 0 saturated heterocycles. The van der Waals surface area contributed by atoms with E-state index in [0.717, 1.165) is 4.31 Å². The molecule has 0 bridgehead atoms. The molecule has 0 aliphatic carbocycles. The molecule has 0 atom stereocenters. The molecule has 0 spiro atoms. The Labute approximate surface area is 160 Å². The first kappa shape index (κ1) is 19.4. The number of carbonyl (C=O) groups is 1. The first-order valence-electron chi connectivity index (χ1n) is 8.24. The Morgan fingerprint density at radius 2 is 1.96 bits per heavy atom. The summed E-state index contributed by atoms with van der Waals surface area (Å²) in [6.45, 7) is 0.999. The fourth-order valence-electron chi connectivity index (χ4n) is 2.57. The van der Waals surface area contributed by atoms with Gasteiger partial charge in [0.25, 0.3) is 5.69 Å². The molecule has 2 aromatic carbocycles. The minimum absolute atomic E-state index is 0.0343. The summed E-state index contributed by atoms with van der Waals surface area (Å²) in [4.78, 5) is 22.7. The maximum absolute atomic E-state index is 12.5. The Balaban J connectivity index is 1.83. The molecule has 1 aliphatic rings. The van der Waals surface area contributed by atoms with Crippen molar-refractivity contribution in [3.63, 3.8) is 0 Å². The van der Waals surface area contributed by atoms with E-state index >= 15 is 0 Å². The van der Waals surface area contributed by atoms with E-state index < -0.39 is 27.4 Å². The molecule has 1 N–H and O–H groups in total. The number of nitrogens with one attached hydrogen (secondary N) is 1. The van der Waals surface area contributed by atoms with Crippen molar-refractivity contribution in [2.24, 2.45) is 0 Å². The quantitative estimate of drug-likeness (QED) is 0.550. The van der Waals surface area contributed by atoms with E-state index in [1.807, 2.05) is 0 Å². The van der Waals surface area contributed by atoms with Gasteiger partial charge in [-0.3, -0.25) is 19.2 Å². The molecular weight excluding hydrogens is 390 g/mol. The standard InChI is InChI=1S/C17H17N3O7S/c1-2-28(24,25)19(13-6-7-15-16(9-13)27-11-26-15)10-17(21)18-12-4-3-5-14(8-12)20(22)23/h3-9H,2,10-11H2,1H3,(H,18,21). The lowest BCUT2D eigenvalue weighted by Crippen LogP contribution is -2.39. The van der Waals surface area contributed by atoms with Crippen molar-refractivity contribution in [1.29, 1.82) is 0 Å². The molecule has 0 saturated carbocycles. The Kier molecular flexibility index (Phi) is 5.36. The van der Waals surface area contributed by atoms with Crippen LogP contribution in [-0.2, 0) is 14.8 Å². The van der Waals surface area contributed by atoms with Crippen LogP contribution in [0.15, 0.2) is 42.5 Å². The van der Waals surface area contributed by atoms with Gasteiger partial charge in [0.1, 0.15) is 6.54 Å². The van der Waals surface area contributed by atoms with Gasteiger partial charge in [0.15, 0.2) is 11.5 Å². The lowest BCUT2D eigenvalue weighted by atomic mass is 10.2. The molecule has 1 amide bonds. The normalized spacial score (nSPS) is 12.5. The number of ether oxygens (including phenoxy) is 2. The van der Waals surface area contributed by atoms with Gasteiger partial charge in [-0.25, -0.2) is 8.42 Å². The Bertz CT molecular complexity index is 1020. The number of carbonyl (C=O) groups excluding carboxylic acids is 1. The molecule has 2 aromatic rings. The van der Waals surface area contributed by atoms with Gasteiger partial charge in [-0.05, 0) is 25.1 Å². The van der Waals surface area contributed by atoms with Crippen molar-refractivity contribution >= 4 is 33.0 Å². The smallest absolute Gasteiger partial charge is 0.271 e. The number of rotatable bonds is 7. The van der Waals surface area contributed by atoms with Crippen molar-refractivity contribution in [1.82, 2.24) is 0 Å². The second kappa shape index (κ2) is 7.72. The molecule has 0 aromatic heterocycles. The van der Waals surface area contributed by atoms with Gasteiger partial charge in [-0.1, -0.05) is 6.07 Å². The predicted octanol–water partition coefficient (Wildman–Crippen LogP) is 2.12. The number of hydrogen-bond acceptors (Lipinski definition) is 7. The zero-order chi connectivity index (χ0) is 20.3. The lowest BCUT2D eigenvalue weighted by molar-refractivity contribution is -0.384. The number of hydrogen-bond donors (Lipinski definition) is 1. The third-order valence-electron chi connectivity index (χ3n) is 3.97. The fourth-order valence-corrected chi connectivity index (χ4v) is 3.63. The van der Waals surface area contributed by atoms with Crippen LogP contribution < -0.4 is 19.1 Å². The van der Waals surface area contributed by atoms with Gasteiger partial charge in [0.05, 0.1) is 16.4 Å². The number of nitrogens with zero attached hydrogens (tertiary/aromatic N) is 2. The first-order chi connectivity index (χ1) is 13.3. The molecule has 148 valence electrons. The van der Waals surface area contributed by atoms with E-state index in [-0.39, 0.29) is 29.6 Å². The van der Waals surface area contributed by atoms with Gasteiger partial charge >= 0.3 is 0 Å². The van der Waals surface area contributed by atoms with Crippen LogP contribution in [0.3, 0.4) is 0 Å². The molecule has 11 heteroatoms. The summed E-state index contributed by atoms with van der Waals surface area (Å²) in [6.07, 6.45) is 0. The second-order valence-corrected chi connectivity index (χ2v) is 7.98. The molecule has 3 rings (SSSR count). The number of anilines is 2. The number of fused-ring (bicyclic) bond motifs is 1. The van der Waals surface area contributed by atoms with E-state index in [9.17, 15) is 23.3 Å². The van der Waals surface area contributed by atoms with Gasteiger partial charge in [-0.15, -0.1) is 0 Å². The van der Waals surface area contributed by atoms with Crippen LogP contribution in [0.1, 0.15) is 6.92 Å². The van der Waals surface area contributed by atoms with Crippen LogP contribution >= 0.6 is 0 Å². The summed E-state index contributed by atoms with van der Waals surface area (Å²) < 4.78 is 36.5. The third-order valence-corrected chi connectivity index (χ3v) is 5.71. The highest BCUT2D eigenvalue weighted by atomic mass is 32.2. The zero-order valence-corrected chi connectivity index (χ0v) is 15.6. The van der Waals surface area contributed by atoms with Crippen molar-refractivity contribution in [2.45, 2.75) is 6.92 Å². The minimum Gasteiger partial charge on any atom is -0.454 e. The van der Waals surface area contributed by atoms with E-state index in [4.69, 9.17) is 9.47 Å². The van der Waals surface area contributed by atoms with Gasteiger partial charge in [0.2, 0.25) is 22.7 Å². The molecule has 1 aliphatic heterocycles. The van der Waals surface area contributed by atoms with E-state index in [0.29, 0.717) is 11.5 Å². The van der Waals surface area contributed by atoms with Crippen molar-refractivity contribution in [2.75, 3.05) is 28.7 Å². The highest BCUT2D eigenvalue weighted by Crippen LogP contribution is 2.36. The number of nitro benzene ring substituents is 1. The van der Waals surface area contributed by atoms with Crippen molar-refractivity contribution < 1.29 is 27.6 Å². The predicted molar refractivity (Wildman–Crippen MR) is 101 cm³/mol. The molecule has 28 heavy (non-hydrogen) atoms. The average molecular weight is 407 g/mol. The molecule has 1 heterocycles. The molecule has 10 nitrogen and oxygen atoms in total. The highest BCUT2D eigenvalue weighted by Gasteiger charge is 2.26. The maximum atomic E-state index is 12.5. The molecule has 0 unspecified atom stereocenters. The summed E-state index contributed by atoms with van der Waals surface area (Å²) in [5.41, 5.74) is 0.255. The summed E-state index contributed by atoms with van der Waals surface area (Å²) in [5, 5.41) is 13.3. The summed E-state index contributed by atoms with van der Waals surface area (Å²) >= 11 is 0. The van der Waals surface area contributed by atoms with Crippen molar-refractivity contribution in [3.05, 3.63) is 52.6 Å². The largest absolute Gasteiger partial charge is 0.454 e. The summed E-state index contributed by atoms with van der Waals surface area (Å²) in [5.74, 6) is 0.00709. The van der Waals surface area contributed by atoms with Crippen LogP contribution in [0, 0.1) is 10.1 Å². The lowest BCUT2D eigenvalue weighted by Gasteiger charge is -2.23. The second-order valence-electron chi connectivity index (χ2n) is 5.80. The Hall–Kier alpha value is -3.34. The Morgan fingerprint density at radius 1 is 1.21 bits per heavy atom. The number of benzene rings is 2. The van der Waals surface area contributed by atoms with Crippen LogP contribution in [0.2, 0.25) is 0 Å². The number of non-ortho nitro benzene ring substituents is 1. The average Bonchev–Trinajstić information content (AvgIpc) is 3.14. The van der Waals surface area contributed by atoms with E-state index in [1.165, 1.54) is 43.3 Å². The topological polar surface area (TPSA) is 128 Å². The zero-order valence-electron chi connectivity index (χ0n) is 14.8. The van der Waals surface area contributed by atoms with Gasteiger partial charge in [0, 0.05) is 23.9 Å². The SMILES string of the molecule is CCS(=O)(=O)N(CC(=O)Nc1cccc([N+](=O)[O-])c1)c1ccc2c(c1)OCO2. The maximum Gasteiger partial charge on any atom is 0.271 e. The van der Waals surface area contributed by atoms with E-state index in [1.54, 1.807) is 6.07 Å². The van der Waals surface area contributed by atoms with Crippen LogP contribution in [-0.4, -0.2) is 38.3 Å². The minimum atomic E-state index is -3.77. The number of sulfonamides is 1. The summed E-state index contributed by atoms with van der Waals surface area (Å²) in [6, 6.07) is 9.94. The monoisotopic (exact) mass is 407 g/mol. The van der Waals surface area contributed by atoms with Crippen molar-refractivity contribution in [3.8, 4) is 11.5 Å². The molecule has 0 fully saturated rings. The van der Waals surface area contributed by atoms with Gasteiger partial charge < -0.3 is 14.8 Å². The first-order valence-corrected chi connectivity index (χ1v) is 9.85. The summed E-state index contributed by atoms with van der Waals surface area (Å²) in [7, 11) is -3.77. The Morgan fingerprint density at radius 3 is 2.68 bits per heavy atom. The number of nitro groups is 1. The highest BCUT2D eigenvalue weighted by molar-refractivity contribution is 7.92. The fraction of sp³-hybridized carbons (Fsp3) is 0.235. The molecular formula is C17H17N3O7S. The van der Waals surface area contributed by atoms with Crippen LogP contribution in [0.4, 0.5) is 17.1 Å².